The molecule has 2 aliphatic rings. The van der Waals surface area contributed by atoms with Crippen LogP contribution in [0.1, 0.15) is 18.1 Å². The molecule has 3 aromatic carbocycles. The summed E-state index contributed by atoms with van der Waals surface area (Å²) in [4.78, 5) is 24.4. The third kappa shape index (κ3) is 4.76. The number of carbonyl (C=O) groups is 1. The van der Waals surface area contributed by atoms with Crippen LogP contribution in [0.3, 0.4) is 0 Å². The van der Waals surface area contributed by atoms with Gasteiger partial charge in [-0.15, -0.1) is 0 Å². The van der Waals surface area contributed by atoms with E-state index in [2.05, 4.69) is 44.3 Å². The number of carbonyl (C=O) groups excluding carboxylic acids is 1. The highest BCUT2D eigenvalue weighted by atomic mass is 79.9. The summed E-state index contributed by atoms with van der Waals surface area (Å²) in [5.74, 6) is -0.0812. The number of para-hydroxylation sites is 1. The van der Waals surface area contributed by atoms with Gasteiger partial charge in [-0.1, -0.05) is 52.0 Å². The van der Waals surface area contributed by atoms with Gasteiger partial charge >= 0.3 is 0 Å². The van der Waals surface area contributed by atoms with Crippen molar-refractivity contribution in [2.24, 2.45) is 4.99 Å². The standard InChI is InChI=1S/C27H22BrN5OS2/c1-3-30-20-12-11-17(15-29)14-21(20)31-27-33(16-18-7-6-8-19(28)13-18)25(34)24(36-27)26-32(2)22-9-4-5-10-23(22)35-26/h4-14,30H,3,16H2,1-2H3/b26-24-,31-27-. The highest BCUT2D eigenvalue weighted by Crippen LogP contribution is 2.50. The fourth-order valence-electron chi connectivity index (χ4n) is 4.01. The number of nitrogens with one attached hydrogen (secondary N) is 1. The maximum atomic E-state index is 13.9. The van der Waals surface area contributed by atoms with E-state index in [4.69, 9.17) is 4.99 Å². The van der Waals surface area contributed by atoms with Crippen LogP contribution in [0.2, 0.25) is 0 Å². The van der Waals surface area contributed by atoms with Gasteiger partial charge in [-0.25, -0.2) is 4.99 Å². The van der Waals surface area contributed by atoms with E-state index in [9.17, 15) is 10.1 Å². The van der Waals surface area contributed by atoms with Crippen molar-refractivity contribution >= 4 is 67.6 Å². The zero-order valence-electron chi connectivity index (χ0n) is 19.7. The van der Waals surface area contributed by atoms with Crippen LogP contribution in [0.4, 0.5) is 17.1 Å². The lowest BCUT2D eigenvalue weighted by atomic mass is 10.2. The Labute approximate surface area is 227 Å². The van der Waals surface area contributed by atoms with Gasteiger partial charge in [0.25, 0.3) is 5.91 Å². The van der Waals surface area contributed by atoms with Gasteiger partial charge in [0.1, 0.15) is 4.91 Å². The fourth-order valence-corrected chi connectivity index (χ4v) is 6.80. The Bertz CT molecular complexity index is 1460. The van der Waals surface area contributed by atoms with Gasteiger partial charge in [-0.3, -0.25) is 9.69 Å². The molecule has 1 saturated heterocycles. The summed E-state index contributed by atoms with van der Waals surface area (Å²) in [6.07, 6.45) is 0. The predicted octanol–water partition coefficient (Wildman–Crippen LogP) is 6.93. The Morgan fingerprint density at radius 1 is 1.08 bits per heavy atom. The number of nitrogens with zero attached hydrogens (tertiary/aromatic N) is 4. The van der Waals surface area contributed by atoms with Crippen LogP contribution in [0, 0.1) is 11.3 Å². The summed E-state index contributed by atoms with van der Waals surface area (Å²) in [6.45, 7) is 3.11. The van der Waals surface area contributed by atoms with Crippen LogP contribution in [0.15, 0.2) is 91.0 Å². The van der Waals surface area contributed by atoms with Crippen LogP contribution in [-0.4, -0.2) is 29.6 Å². The van der Waals surface area contributed by atoms with E-state index in [1.54, 1.807) is 28.8 Å². The number of aliphatic imine (C=N–C) groups is 1. The Morgan fingerprint density at radius 3 is 2.67 bits per heavy atom. The van der Waals surface area contributed by atoms with Crippen molar-refractivity contribution in [1.82, 2.24) is 4.90 Å². The van der Waals surface area contributed by atoms with E-state index in [1.807, 2.05) is 56.4 Å². The summed E-state index contributed by atoms with van der Waals surface area (Å²) in [5.41, 5.74) is 4.04. The van der Waals surface area contributed by atoms with E-state index in [0.717, 1.165) is 31.3 Å². The molecule has 36 heavy (non-hydrogen) atoms. The quantitative estimate of drug-likeness (QED) is 0.333. The molecule has 0 bridgehead atoms. The van der Waals surface area contributed by atoms with Crippen LogP contribution in [0.5, 0.6) is 0 Å². The van der Waals surface area contributed by atoms with Crippen LogP contribution >= 0.6 is 39.5 Å². The monoisotopic (exact) mass is 575 g/mol. The third-order valence-electron chi connectivity index (χ3n) is 5.74. The van der Waals surface area contributed by atoms with Gasteiger partial charge in [0, 0.05) is 23.0 Å². The minimum Gasteiger partial charge on any atom is -0.384 e. The van der Waals surface area contributed by atoms with Crippen molar-refractivity contribution in [3.8, 4) is 6.07 Å². The van der Waals surface area contributed by atoms with Crippen molar-refractivity contribution in [3.63, 3.8) is 0 Å². The zero-order chi connectivity index (χ0) is 25.2. The zero-order valence-corrected chi connectivity index (χ0v) is 22.9. The summed E-state index contributed by atoms with van der Waals surface area (Å²) >= 11 is 6.51. The number of hydrogen-bond donors (Lipinski definition) is 1. The van der Waals surface area contributed by atoms with Crippen LogP contribution < -0.4 is 10.2 Å². The Kier molecular flexibility index (Phi) is 7.10. The minimum absolute atomic E-state index is 0.0812. The van der Waals surface area contributed by atoms with Gasteiger partial charge in [0.05, 0.1) is 40.3 Å². The number of anilines is 2. The summed E-state index contributed by atoms with van der Waals surface area (Å²) in [6, 6.07) is 23.6. The number of amides is 1. The van der Waals surface area contributed by atoms with Gasteiger partial charge < -0.3 is 10.2 Å². The first-order chi connectivity index (χ1) is 17.5. The first-order valence-corrected chi connectivity index (χ1v) is 13.8. The van der Waals surface area contributed by atoms with Gasteiger partial charge in [0.15, 0.2) is 5.17 Å². The number of thioether (sulfide) groups is 2. The maximum Gasteiger partial charge on any atom is 0.269 e. The maximum absolute atomic E-state index is 13.9. The molecule has 0 unspecified atom stereocenters. The lowest BCUT2D eigenvalue weighted by Crippen LogP contribution is -2.29. The Morgan fingerprint density at radius 2 is 1.92 bits per heavy atom. The lowest BCUT2D eigenvalue weighted by Gasteiger charge is -2.17. The van der Waals surface area contributed by atoms with Gasteiger partial charge in [-0.05, 0) is 66.7 Å². The molecular formula is C27H22BrN5OS2. The summed E-state index contributed by atoms with van der Waals surface area (Å²) in [5, 5.41) is 14.2. The topological polar surface area (TPSA) is 71.7 Å². The number of hydrogen-bond acceptors (Lipinski definition) is 7. The molecule has 9 heteroatoms. The normalized spacial score (nSPS) is 18.1. The van der Waals surface area contributed by atoms with Crippen LogP contribution in [0.25, 0.3) is 0 Å². The second-order valence-corrected chi connectivity index (χ2v) is 11.1. The molecule has 0 aromatic heterocycles. The highest BCUT2D eigenvalue weighted by molar-refractivity contribution is 9.10. The van der Waals surface area contributed by atoms with Gasteiger partial charge in [0.2, 0.25) is 0 Å². The minimum atomic E-state index is -0.0812. The smallest absolute Gasteiger partial charge is 0.269 e. The molecule has 2 aliphatic heterocycles. The first-order valence-electron chi connectivity index (χ1n) is 11.3. The summed E-state index contributed by atoms with van der Waals surface area (Å²) < 4.78 is 0.953. The van der Waals surface area contributed by atoms with Gasteiger partial charge in [-0.2, -0.15) is 5.26 Å². The lowest BCUT2D eigenvalue weighted by molar-refractivity contribution is -0.122. The van der Waals surface area contributed by atoms with Crippen LogP contribution in [-0.2, 0) is 11.3 Å². The van der Waals surface area contributed by atoms with E-state index < -0.39 is 0 Å². The molecular weight excluding hydrogens is 554 g/mol. The molecule has 0 spiro atoms. The molecule has 2 heterocycles. The molecule has 0 atom stereocenters. The SMILES string of the molecule is CCNc1ccc(C#N)cc1/N=C1\S/C(=C2\Sc3ccccc3N2C)C(=O)N1Cc1cccc(Br)c1. The molecule has 5 rings (SSSR count). The van der Waals surface area contributed by atoms with Crippen molar-refractivity contribution < 1.29 is 4.79 Å². The molecule has 1 amide bonds. The number of amidine groups is 1. The molecule has 6 nitrogen and oxygen atoms in total. The molecule has 180 valence electrons. The molecule has 1 N–H and O–H groups in total. The summed E-state index contributed by atoms with van der Waals surface area (Å²) in [7, 11) is 1.99. The number of benzene rings is 3. The highest BCUT2D eigenvalue weighted by Gasteiger charge is 2.39. The molecule has 0 saturated carbocycles. The second kappa shape index (κ2) is 10.4. The van der Waals surface area contributed by atoms with E-state index in [-0.39, 0.29) is 5.91 Å². The largest absolute Gasteiger partial charge is 0.384 e. The molecule has 0 aliphatic carbocycles. The number of fused-ring (bicyclic) bond motifs is 1. The first kappa shape index (κ1) is 24.5. The average molecular weight is 577 g/mol. The van der Waals surface area contributed by atoms with Crippen molar-refractivity contribution in [3.05, 3.63) is 92.3 Å². The third-order valence-corrected chi connectivity index (χ3v) is 8.66. The predicted molar refractivity (Wildman–Crippen MR) is 152 cm³/mol. The molecule has 3 aromatic rings. The van der Waals surface area contributed by atoms with E-state index >= 15 is 0 Å². The fraction of sp³-hybridized carbons (Fsp3) is 0.148. The van der Waals surface area contributed by atoms with Crippen molar-refractivity contribution in [2.75, 3.05) is 23.8 Å². The average Bonchev–Trinajstić information content (AvgIpc) is 3.37. The number of halogens is 1. The van der Waals surface area contributed by atoms with E-state index in [1.165, 1.54) is 11.8 Å². The number of rotatable bonds is 5. The Hall–Kier alpha value is -3.19. The van der Waals surface area contributed by atoms with E-state index in [0.29, 0.717) is 34.4 Å². The molecule has 1 fully saturated rings. The number of nitriles is 1. The van der Waals surface area contributed by atoms with Crippen molar-refractivity contribution in [1.29, 1.82) is 5.26 Å². The second-order valence-electron chi connectivity index (χ2n) is 8.15. The Balaban J connectivity index is 1.60. The molecule has 0 radical (unpaired) electrons. The van der Waals surface area contributed by atoms with Crippen molar-refractivity contribution in [2.45, 2.75) is 18.4 Å².